The van der Waals surface area contributed by atoms with Gasteiger partial charge in [0.05, 0.1) is 40.7 Å². The van der Waals surface area contributed by atoms with Crippen LogP contribution in [0.25, 0.3) is 22.3 Å². The minimum absolute atomic E-state index is 0.306. The van der Waals surface area contributed by atoms with Crippen LogP contribution in [0.3, 0.4) is 0 Å². The summed E-state index contributed by atoms with van der Waals surface area (Å²) in [6.45, 7) is 5.68. The van der Waals surface area contributed by atoms with Crippen LogP contribution in [0.1, 0.15) is 37.5 Å². The summed E-state index contributed by atoms with van der Waals surface area (Å²) in [6, 6.07) is 14.9. The van der Waals surface area contributed by atoms with E-state index in [1.807, 2.05) is 51.1 Å². The van der Waals surface area contributed by atoms with Crippen molar-refractivity contribution in [1.29, 1.82) is 0 Å². The number of methoxy groups -OCH3 is 1. The zero-order valence-corrected chi connectivity index (χ0v) is 18.7. The summed E-state index contributed by atoms with van der Waals surface area (Å²) >= 11 is 0. The minimum atomic E-state index is -0.509. The second-order valence-electron chi connectivity index (χ2n) is 7.76. The van der Waals surface area contributed by atoms with Gasteiger partial charge in [-0.15, -0.1) is 0 Å². The van der Waals surface area contributed by atoms with Gasteiger partial charge in [-0.2, -0.15) is 5.10 Å². The average molecular weight is 428 g/mol. The number of aromatic nitrogens is 3. The van der Waals surface area contributed by atoms with E-state index in [2.05, 4.69) is 10.4 Å². The maximum atomic E-state index is 13.5. The fourth-order valence-corrected chi connectivity index (χ4v) is 3.77. The Balaban J connectivity index is 1.86. The van der Waals surface area contributed by atoms with Crippen molar-refractivity contribution in [3.05, 3.63) is 76.5 Å². The minimum Gasteiger partial charge on any atom is -0.465 e. The van der Waals surface area contributed by atoms with Crippen molar-refractivity contribution in [2.24, 2.45) is 7.05 Å². The molecule has 32 heavy (non-hydrogen) atoms. The van der Waals surface area contributed by atoms with E-state index in [-0.39, 0.29) is 5.91 Å². The van der Waals surface area contributed by atoms with E-state index in [1.165, 1.54) is 7.11 Å². The predicted octanol–water partition coefficient (Wildman–Crippen LogP) is 4.60. The molecule has 0 spiro atoms. The molecule has 4 rings (SSSR count). The molecule has 2 aromatic heterocycles. The molecule has 0 fully saturated rings. The van der Waals surface area contributed by atoms with Crippen LogP contribution in [0.15, 0.2) is 48.5 Å². The molecule has 0 unspecified atom stereocenters. The average Bonchev–Trinajstić information content (AvgIpc) is 3.08. The van der Waals surface area contributed by atoms with Gasteiger partial charge in [0.2, 0.25) is 0 Å². The SMILES string of the molecule is COC(=O)c1cc(C)c(C)cc1NC(=O)c1cc(-c2ccccc2)nc2c1c(C)nn2C. The molecule has 0 bridgehead atoms. The summed E-state index contributed by atoms with van der Waals surface area (Å²) in [5.41, 5.74) is 5.91. The van der Waals surface area contributed by atoms with E-state index in [4.69, 9.17) is 9.72 Å². The molecule has 0 atom stereocenters. The molecule has 0 saturated carbocycles. The first-order valence-corrected chi connectivity index (χ1v) is 10.2. The summed E-state index contributed by atoms with van der Waals surface area (Å²) in [5.74, 6) is -0.857. The first-order valence-electron chi connectivity index (χ1n) is 10.2. The van der Waals surface area contributed by atoms with Gasteiger partial charge in [-0.1, -0.05) is 30.3 Å². The number of pyridine rings is 1. The van der Waals surface area contributed by atoms with E-state index >= 15 is 0 Å². The molecule has 0 saturated heterocycles. The largest absolute Gasteiger partial charge is 0.465 e. The topological polar surface area (TPSA) is 86.1 Å². The lowest BCUT2D eigenvalue weighted by atomic mass is 10.0. The Morgan fingerprint density at radius 1 is 0.969 bits per heavy atom. The maximum Gasteiger partial charge on any atom is 0.339 e. The van der Waals surface area contributed by atoms with Gasteiger partial charge in [0.1, 0.15) is 0 Å². The number of hydrogen-bond acceptors (Lipinski definition) is 5. The van der Waals surface area contributed by atoms with E-state index in [0.717, 1.165) is 16.7 Å². The quantitative estimate of drug-likeness (QED) is 0.480. The molecule has 0 aliphatic carbocycles. The number of benzene rings is 2. The smallest absolute Gasteiger partial charge is 0.339 e. The lowest BCUT2D eigenvalue weighted by Crippen LogP contribution is -2.17. The highest BCUT2D eigenvalue weighted by Crippen LogP contribution is 2.29. The predicted molar refractivity (Wildman–Crippen MR) is 124 cm³/mol. The second-order valence-corrected chi connectivity index (χ2v) is 7.76. The van der Waals surface area contributed by atoms with Crippen LogP contribution in [0, 0.1) is 20.8 Å². The molecule has 1 N–H and O–H groups in total. The van der Waals surface area contributed by atoms with Crippen molar-refractivity contribution in [1.82, 2.24) is 14.8 Å². The third-order valence-corrected chi connectivity index (χ3v) is 5.57. The number of nitrogens with one attached hydrogen (secondary N) is 1. The van der Waals surface area contributed by atoms with Crippen LogP contribution in [0.4, 0.5) is 5.69 Å². The van der Waals surface area contributed by atoms with Crippen molar-refractivity contribution in [3.63, 3.8) is 0 Å². The van der Waals surface area contributed by atoms with E-state index in [0.29, 0.717) is 39.2 Å². The molecular weight excluding hydrogens is 404 g/mol. The van der Waals surface area contributed by atoms with Crippen molar-refractivity contribution in [2.45, 2.75) is 20.8 Å². The van der Waals surface area contributed by atoms with Crippen LogP contribution < -0.4 is 5.32 Å². The van der Waals surface area contributed by atoms with Crippen LogP contribution in [-0.2, 0) is 11.8 Å². The van der Waals surface area contributed by atoms with Crippen molar-refractivity contribution in [3.8, 4) is 11.3 Å². The fourth-order valence-electron chi connectivity index (χ4n) is 3.77. The molecule has 2 heterocycles. The van der Waals surface area contributed by atoms with Gasteiger partial charge < -0.3 is 10.1 Å². The normalized spacial score (nSPS) is 10.9. The highest BCUT2D eigenvalue weighted by Gasteiger charge is 2.22. The number of carbonyl (C=O) groups is 2. The van der Waals surface area contributed by atoms with E-state index < -0.39 is 5.97 Å². The van der Waals surface area contributed by atoms with Crippen LogP contribution in [-0.4, -0.2) is 33.8 Å². The van der Waals surface area contributed by atoms with Crippen molar-refractivity contribution in [2.75, 3.05) is 12.4 Å². The first-order chi connectivity index (χ1) is 15.3. The number of aryl methyl sites for hydroxylation is 4. The molecule has 2 aromatic carbocycles. The third-order valence-electron chi connectivity index (χ3n) is 5.57. The molecule has 0 radical (unpaired) electrons. The molecule has 162 valence electrons. The second kappa shape index (κ2) is 8.26. The first kappa shape index (κ1) is 21.2. The number of esters is 1. The molecule has 4 aromatic rings. The molecule has 7 nitrogen and oxygen atoms in total. The number of carbonyl (C=O) groups excluding carboxylic acids is 2. The lowest BCUT2D eigenvalue weighted by Gasteiger charge is -2.14. The highest BCUT2D eigenvalue weighted by atomic mass is 16.5. The monoisotopic (exact) mass is 428 g/mol. The van der Waals surface area contributed by atoms with Crippen LogP contribution >= 0.6 is 0 Å². The summed E-state index contributed by atoms with van der Waals surface area (Å²) in [6.07, 6.45) is 0. The Kier molecular flexibility index (Phi) is 5.48. The summed E-state index contributed by atoms with van der Waals surface area (Å²) < 4.78 is 6.59. The molecule has 1 amide bonds. The van der Waals surface area contributed by atoms with Gasteiger partial charge in [0.15, 0.2) is 5.65 Å². The number of hydrogen-bond donors (Lipinski definition) is 1. The highest BCUT2D eigenvalue weighted by molar-refractivity contribution is 6.15. The zero-order chi connectivity index (χ0) is 23.0. The standard InChI is InChI=1S/C25H24N4O3/c1-14-11-18(25(31)32-5)21(12-15(14)2)27-24(30)19-13-20(17-9-7-6-8-10-17)26-23-22(19)16(3)28-29(23)4/h6-13H,1-5H3,(H,27,30). The van der Waals surface area contributed by atoms with Crippen LogP contribution in [0.5, 0.6) is 0 Å². The zero-order valence-electron chi connectivity index (χ0n) is 18.7. The van der Waals surface area contributed by atoms with Gasteiger partial charge >= 0.3 is 5.97 Å². The Morgan fingerprint density at radius 3 is 2.34 bits per heavy atom. The van der Waals surface area contributed by atoms with Gasteiger partial charge in [0.25, 0.3) is 5.91 Å². The summed E-state index contributed by atoms with van der Waals surface area (Å²) in [4.78, 5) is 30.6. The molecule has 0 aliphatic heterocycles. The molecule has 7 heteroatoms. The van der Waals surface area contributed by atoms with Crippen LogP contribution in [0.2, 0.25) is 0 Å². The third kappa shape index (κ3) is 3.73. The van der Waals surface area contributed by atoms with Gasteiger partial charge in [-0.05, 0) is 50.1 Å². The Morgan fingerprint density at radius 2 is 1.66 bits per heavy atom. The summed E-state index contributed by atoms with van der Waals surface area (Å²) in [5, 5.41) is 8.05. The number of nitrogens with zero attached hydrogens (tertiary/aromatic N) is 3. The number of anilines is 1. The number of rotatable bonds is 4. The number of fused-ring (bicyclic) bond motifs is 1. The number of amides is 1. The Labute approximate surface area is 186 Å². The molecule has 0 aliphatic rings. The van der Waals surface area contributed by atoms with Crippen molar-refractivity contribution < 1.29 is 14.3 Å². The Bertz CT molecular complexity index is 1360. The van der Waals surface area contributed by atoms with Gasteiger partial charge in [-0.25, -0.2) is 9.78 Å². The number of ether oxygens (including phenoxy) is 1. The fraction of sp³-hybridized carbons (Fsp3) is 0.200. The van der Waals surface area contributed by atoms with Crippen molar-refractivity contribution >= 4 is 28.6 Å². The van der Waals surface area contributed by atoms with E-state index in [9.17, 15) is 9.59 Å². The molecular formula is C25H24N4O3. The lowest BCUT2D eigenvalue weighted by molar-refractivity contribution is 0.0602. The van der Waals surface area contributed by atoms with Gasteiger partial charge in [0, 0.05) is 12.6 Å². The maximum absolute atomic E-state index is 13.5. The van der Waals surface area contributed by atoms with E-state index in [1.54, 1.807) is 29.9 Å². The Hall–Kier alpha value is -4.00. The van der Waals surface area contributed by atoms with Gasteiger partial charge in [-0.3, -0.25) is 9.48 Å². The summed E-state index contributed by atoms with van der Waals surface area (Å²) in [7, 11) is 3.12.